The molecule has 0 unspecified atom stereocenters. The van der Waals surface area contributed by atoms with Crippen LogP contribution in [0.1, 0.15) is 12.5 Å². The first kappa shape index (κ1) is 8.81. The van der Waals surface area contributed by atoms with E-state index >= 15 is 0 Å². The Morgan fingerprint density at radius 3 is 2.33 bits per heavy atom. The van der Waals surface area contributed by atoms with Crippen LogP contribution in [0.4, 0.5) is 0 Å². The third-order valence-corrected chi connectivity index (χ3v) is 1.91. The minimum absolute atomic E-state index is 0.249. The lowest BCUT2D eigenvalue weighted by Crippen LogP contribution is -2.29. The van der Waals surface area contributed by atoms with Crippen molar-refractivity contribution < 1.29 is 5.11 Å². The van der Waals surface area contributed by atoms with Gasteiger partial charge in [-0.2, -0.15) is 0 Å². The molecule has 1 aromatic carbocycles. The van der Waals surface area contributed by atoms with Crippen LogP contribution in [0.2, 0.25) is 0 Å². The van der Waals surface area contributed by atoms with Crippen molar-refractivity contribution in [2.75, 3.05) is 0 Å². The second-order valence-corrected chi connectivity index (χ2v) is 3.03. The zero-order valence-corrected chi connectivity index (χ0v) is 7.12. The van der Waals surface area contributed by atoms with Crippen molar-refractivity contribution in [2.24, 2.45) is 5.73 Å². The molecule has 0 aromatic heterocycles. The average Bonchev–Trinajstić information content (AvgIpc) is 2.05. The summed E-state index contributed by atoms with van der Waals surface area (Å²) in [5.74, 6) is 0.249. The maximum Gasteiger partial charge on any atom is 0.115 e. The molecule has 2 nitrogen and oxygen atoms in total. The number of nitrogens with two attached hydrogens (primary N) is 1. The summed E-state index contributed by atoms with van der Waals surface area (Å²) in [5.41, 5.74) is 6.31. The Hall–Kier alpha value is -1.28. The molecule has 0 saturated heterocycles. The minimum Gasteiger partial charge on any atom is -0.508 e. The lowest BCUT2D eigenvalue weighted by atomic mass is 9.94. The van der Waals surface area contributed by atoms with E-state index < -0.39 is 5.54 Å². The van der Waals surface area contributed by atoms with E-state index in [4.69, 9.17) is 10.8 Å². The normalized spacial score (nSPS) is 15.2. The Kier molecular flexibility index (Phi) is 2.20. The van der Waals surface area contributed by atoms with E-state index in [-0.39, 0.29) is 5.75 Å². The lowest BCUT2D eigenvalue weighted by Gasteiger charge is -2.20. The van der Waals surface area contributed by atoms with Gasteiger partial charge in [-0.1, -0.05) is 18.2 Å². The second-order valence-electron chi connectivity index (χ2n) is 3.03. The molecule has 12 heavy (non-hydrogen) atoms. The third-order valence-electron chi connectivity index (χ3n) is 1.91. The van der Waals surface area contributed by atoms with Crippen LogP contribution in [0.25, 0.3) is 0 Å². The van der Waals surface area contributed by atoms with Gasteiger partial charge in [0.15, 0.2) is 0 Å². The standard InChI is InChI=1S/C10H13NO/c1-3-10(2,11)8-4-6-9(12)7-5-8/h3-7,12H,1,11H2,2H3/t10-/m1/s1. The van der Waals surface area contributed by atoms with Gasteiger partial charge in [-0.05, 0) is 24.6 Å². The lowest BCUT2D eigenvalue weighted by molar-refractivity contribution is 0.474. The van der Waals surface area contributed by atoms with Crippen LogP contribution >= 0.6 is 0 Å². The van der Waals surface area contributed by atoms with Crippen molar-refractivity contribution in [1.82, 2.24) is 0 Å². The van der Waals surface area contributed by atoms with Crippen molar-refractivity contribution in [3.8, 4) is 5.75 Å². The number of aromatic hydroxyl groups is 1. The maximum atomic E-state index is 9.03. The van der Waals surface area contributed by atoms with Gasteiger partial charge in [0, 0.05) is 0 Å². The quantitative estimate of drug-likeness (QED) is 0.652. The molecule has 0 aliphatic rings. The number of phenolic OH excluding ortho intramolecular Hbond substituents is 1. The van der Waals surface area contributed by atoms with Crippen LogP contribution < -0.4 is 5.73 Å². The fourth-order valence-electron chi connectivity index (χ4n) is 0.938. The van der Waals surface area contributed by atoms with Crippen molar-refractivity contribution >= 4 is 0 Å². The van der Waals surface area contributed by atoms with Gasteiger partial charge in [-0.3, -0.25) is 0 Å². The molecule has 0 aliphatic heterocycles. The van der Waals surface area contributed by atoms with Gasteiger partial charge in [0.2, 0.25) is 0 Å². The molecular weight excluding hydrogens is 150 g/mol. The van der Waals surface area contributed by atoms with Gasteiger partial charge in [-0.25, -0.2) is 0 Å². The fraction of sp³-hybridized carbons (Fsp3) is 0.200. The second kappa shape index (κ2) is 2.99. The van der Waals surface area contributed by atoms with Crippen LogP contribution in [0.3, 0.4) is 0 Å². The number of hydrogen-bond donors (Lipinski definition) is 2. The molecule has 1 aromatic rings. The van der Waals surface area contributed by atoms with Crippen LogP contribution in [0.5, 0.6) is 5.75 Å². The predicted molar refractivity (Wildman–Crippen MR) is 49.8 cm³/mol. The fourth-order valence-corrected chi connectivity index (χ4v) is 0.938. The molecule has 0 saturated carbocycles. The predicted octanol–water partition coefficient (Wildman–Crippen LogP) is 1.75. The van der Waals surface area contributed by atoms with E-state index in [1.165, 1.54) is 0 Å². The van der Waals surface area contributed by atoms with E-state index in [1.54, 1.807) is 30.3 Å². The molecule has 0 amide bonds. The molecule has 2 heteroatoms. The zero-order chi connectivity index (χ0) is 9.19. The van der Waals surface area contributed by atoms with Crippen molar-refractivity contribution in [2.45, 2.75) is 12.5 Å². The first-order chi connectivity index (χ1) is 5.56. The molecule has 64 valence electrons. The van der Waals surface area contributed by atoms with Crippen molar-refractivity contribution in [3.05, 3.63) is 42.5 Å². The molecule has 0 bridgehead atoms. The first-order valence-corrected chi connectivity index (χ1v) is 3.78. The molecule has 1 rings (SSSR count). The highest BCUT2D eigenvalue weighted by atomic mass is 16.3. The highest BCUT2D eigenvalue weighted by Crippen LogP contribution is 2.20. The third kappa shape index (κ3) is 1.66. The van der Waals surface area contributed by atoms with Gasteiger partial charge in [0.05, 0.1) is 5.54 Å². The van der Waals surface area contributed by atoms with Gasteiger partial charge in [0.25, 0.3) is 0 Å². The van der Waals surface area contributed by atoms with Crippen LogP contribution in [0.15, 0.2) is 36.9 Å². The van der Waals surface area contributed by atoms with E-state index in [1.807, 2.05) is 6.92 Å². The Morgan fingerprint density at radius 2 is 1.92 bits per heavy atom. The highest BCUT2D eigenvalue weighted by Gasteiger charge is 2.15. The summed E-state index contributed by atoms with van der Waals surface area (Å²) >= 11 is 0. The number of benzene rings is 1. The Morgan fingerprint density at radius 1 is 1.42 bits per heavy atom. The zero-order valence-electron chi connectivity index (χ0n) is 7.12. The average molecular weight is 163 g/mol. The number of rotatable bonds is 2. The maximum absolute atomic E-state index is 9.03. The highest BCUT2D eigenvalue weighted by molar-refractivity contribution is 5.32. The Balaban J connectivity index is 3.04. The van der Waals surface area contributed by atoms with E-state index in [0.717, 1.165) is 5.56 Å². The minimum atomic E-state index is -0.520. The van der Waals surface area contributed by atoms with Crippen molar-refractivity contribution in [1.29, 1.82) is 0 Å². The van der Waals surface area contributed by atoms with Gasteiger partial charge >= 0.3 is 0 Å². The van der Waals surface area contributed by atoms with Crippen LogP contribution in [0, 0.1) is 0 Å². The Labute approximate surface area is 72.3 Å². The van der Waals surface area contributed by atoms with Crippen LogP contribution in [-0.2, 0) is 5.54 Å². The number of hydrogen-bond acceptors (Lipinski definition) is 2. The molecule has 0 spiro atoms. The first-order valence-electron chi connectivity index (χ1n) is 3.78. The molecule has 0 aliphatic carbocycles. The summed E-state index contributed by atoms with van der Waals surface area (Å²) in [6.45, 7) is 5.51. The monoisotopic (exact) mass is 163 g/mol. The Bertz CT molecular complexity index is 274. The number of phenols is 1. The summed E-state index contributed by atoms with van der Waals surface area (Å²) in [6, 6.07) is 6.81. The summed E-state index contributed by atoms with van der Waals surface area (Å²) in [4.78, 5) is 0. The van der Waals surface area contributed by atoms with E-state index in [2.05, 4.69) is 6.58 Å². The topological polar surface area (TPSA) is 46.2 Å². The van der Waals surface area contributed by atoms with Gasteiger partial charge in [0.1, 0.15) is 5.75 Å². The summed E-state index contributed by atoms with van der Waals surface area (Å²) in [5, 5.41) is 9.03. The summed E-state index contributed by atoms with van der Waals surface area (Å²) < 4.78 is 0. The van der Waals surface area contributed by atoms with Crippen molar-refractivity contribution in [3.63, 3.8) is 0 Å². The summed E-state index contributed by atoms with van der Waals surface area (Å²) in [7, 11) is 0. The molecule has 1 atom stereocenters. The molecular formula is C10H13NO. The molecule has 0 radical (unpaired) electrons. The van der Waals surface area contributed by atoms with Gasteiger partial charge < -0.3 is 10.8 Å². The van der Waals surface area contributed by atoms with E-state index in [0.29, 0.717) is 0 Å². The molecule has 0 heterocycles. The van der Waals surface area contributed by atoms with E-state index in [9.17, 15) is 0 Å². The molecule has 0 fully saturated rings. The van der Waals surface area contributed by atoms with Gasteiger partial charge in [-0.15, -0.1) is 6.58 Å². The largest absolute Gasteiger partial charge is 0.508 e. The SMILES string of the molecule is C=C[C@@](C)(N)c1ccc(O)cc1. The smallest absolute Gasteiger partial charge is 0.115 e. The molecule has 3 N–H and O–H groups in total. The summed E-state index contributed by atoms with van der Waals surface area (Å²) in [6.07, 6.45) is 1.68. The van der Waals surface area contributed by atoms with Crippen LogP contribution in [-0.4, -0.2) is 5.11 Å².